The lowest BCUT2D eigenvalue weighted by atomic mass is 10.1. The number of rotatable bonds is 4. The molecule has 0 aliphatic carbocycles. The molecule has 0 radical (unpaired) electrons. The minimum atomic E-state index is -0.775. The third-order valence-electron chi connectivity index (χ3n) is 3.96. The Kier molecular flexibility index (Phi) is 5.70. The molecule has 28 heavy (non-hydrogen) atoms. The Morgan fingerprint density at radius 3 is 2.29 bits per heavy atom. The molecule has 0 aliphatic rings. The van der Waals surface area contributed by atoms with E-state index in [2.05, 4.69) is 10.6 Å². The number of nitrogens with one attached hydrogen (secondary N) is 2. The van der Waals surface area contributed by atoms with E-state index in [9.17, 15) is 18.4 Å². The van der Waals surface area contributed by atoms with Crippen molar-refractivity contribution in [3.05, 3.63) is 94.0 Å². The molecule has 0 spiro atoms. The van der Waals surface area contributed by atoms with Crippen molar-refractivity contribution in [2.45, 2.75) is 6.92 Å². The van der Waals surface area contributed by atoms with Crippen molar-refractivity contribution < 1.29 is 18.4 Å². The summed E-state index contributed by atoms with van der Waals surface area (Å²) in [6, 6.07) is 14.0. The normalized spacial score (nSPS) is 10.4. The predicted octanol–water partition coefficient (Wildman–Crippen LogP) is 5.43. The van der Waals surface area contributed by atoms with Crippen LogP contribution in [0.25, 0.3) is 0 Å². The van der Waals surface area contributed by atoms with Crippen LogP contribution in [0.15, 0.2) is 60.7 Å². The molecule has 0 unspecified atom stereocenters. The van der Waals surface area contributed by atoms with E-state index in [1.165, 1.54) is 36.4 Å². The van der Waals surface area contributed by atoms with Crippen LogP contribution in [0, 0.1) is 18.6 Å². The molecule has 0 saturated carbocycles. The first-order valence-electron chi connectivity index (χ1n) is 8.28. The largest absolute Gasteiger partial charge is 0.322 e. The summed E-state index contributed by atoms with van der Waals surface area (Å²) in [5, 5.41) is 5.12. The van der Waals surface area contributed by atoms with Gasteiger partial charge in [0.2, 0.25) is 0 Å². The van der Waals surface area contributed by atoms with Crippen molar-refractivity contribution in [3.8, 4) is 0 Å². The van der Waals surface area contributed by atoms with Gasteiger partial charge in [0.1, 0.15) is 11.6 Å². The quantitative estimate of drug-likeness (QED) is 0.613. The molecule has 4 nitrogen and oxygen atoms in total. The summed E-state index contributed by atoms with van der Waals surface area (Å²) >= 11 is 5.93. The van der Waals surface area contributed by atoms with Gasteiger partial charge in [0.15, 0.2) is 0 Å². The standard InChI is InChI=1S/C21H15ClF2N2O2/c1-12-5-10-18(26-21(28)19-16(22)3-2-4-17(19)24)15(11-12)20(27)25-14-8-6-13(23)7-9-14/h2-11H,1H3,(H,25,27)(H,26,28). The SMILES string of the molecule is Cc1ccc(NC(=O)c2c(F)cccc2Cl)c(C(=O)Nc2ccc(F)cc2)c1. The molecule has 0 aliphatic heterocycles. The number of hydrogen-bond donors (Lipinski definition) is 2. The lowest BCUT2D eigenvalue weighted by Crippen LogP contribution is -2.19. The zero-order chi connectivity index (χ0) is 20.3. The van der Waals surface area contributed by atoms with Gasteiger partial charge in [-0.15, -0.1) is 0 Å². The minimum absolute atomic E-state index is 0.0399. The second kappa shape index (κ2) is 8.19. The van der Waals surface area contributed by atoms with Crippen molar-refractivity contribution in [2.75, 3.05) is 10.6 Å². The molecular formula is C21H15ClF2N2O2. The predicted molar refractivity (Wildman–Crippen MR) is 105 cm³/mol. The number of aryl methyl sites for hydroxylation is 1. The number of anilines is 2. The highest BCUT2D eigenvalue weighted by Crippen LogP contribution is 2.24. The monoisotopic (exact) mass is 400 g/mol. The van der Waals surface area contributed by atoms with Gasteiger partial charge >= 0.3 is 0 Å². The first kappa shape index (κ1) is 19.5. The second-order valence-corrected chi connectivity index (χ2v) is 6.47. The molecule has 0 fully saturated rings. The maximum absolute atomic E-state index is 14.0. The lowest BCUT2D eigenvalue weighted by Gasteiger charge is -2.13. The van der Waals surface area contributed by atoms with Gasteiger partial charge in [-0.25, -0.2) is 8.78 Å². The Bertz CT molecular complexity index is 1030. The van der Waals surface area contributed by atoms with Crippen molar-refractivity contribution in [1.29, 1.82) is 0 Å². The van der Waals surface area contributed by atoms with E-state index in [-0.39, 0.29) is 21.8 Å². The Morgan fingerprint density at radius 1 is 0.893 bits per heavy atom. The molecule has 0 aromatic heterocycles. The van der Waals surface area contributed by atoms with Crippen LogP contribution < -0.4 is 10.6 Å². The molecule has 3 rings (SSSR count). The third-order valence-corrected chi connectivity index (χ3v) is 4.27. The molecule has 142 valence electrons. The fraction of sp³-hybridized carbons (Fsp3) is 0.0476. The van der Waals surface area contributed by atoms with Crippen LogP contribution in [0.4, 0.5) is 20.2 Å². The zero-order valence-electron chi connectivity index (χ0n) is 14.7. The zero-order valence-corrected chi connectivity index (χ0v) is 15.5. The fourth-order valence-corrected chi connectivity index (χ4v) is 2.83. The summed E-state index contributed by atoms with van der Waals surface area (Å²) in [7, 11) is 0. The number of carbonyl (C=O) groups excluding carboxylic acids is 2. The van der Waals surface area contributed by atoms with Gasteiger partial charge in [-0.05, 0) is 55.5 Å². The van der Waals surface area contributed by atoms with Gasteiger partial charge in [-0.2, -0.15) is 0 Å². The van der Waals surface area contributed by atoms with Gasteiger partial charge in [-0.1, -0.05) is 29.3 Å². The number of amides is 2. The smallest absolute Gasteiger partial charge is 0.260 e. The molecular weight excluding hydrogens is 386 g/mol. The van der Waals surface area contributed by atoms with Crippen LogP contribution in [0.2, 0.25) is 5.02 Å². The Balaban J connectivity index is 1.89. The topological polar surface area (TPSA) is 58.2 Å². The maximum Gasteiger partial charge on any atom is 0.260 e. The van der Waals surface area contributed by atoms with E-state index in [1.807, 2.05) is 0 Å². The first-order valence-corrected chi connectivity index (χ1v) is 8.66. The summed E-state index contributed by atoms with van der Waals surface area (Å²) in [6.45, 7) is 1.79. The van der Waals surface area contributed by atoms with Crippen molar-refractivity contribution in [1.82, 2.24) is 0 Å². The van der Waals surface area contributed by atoms with Gasteiger partial charge in [0.05, 0.1) is 21.8 Å². The number of halogens is 3. The first-order chi connectivity index (χ1) is 13.3. The van der Waals surface area contributed by atoms with E-state index in [0.29, 0.717) is 5.69 Å². The van der Waals surface area contributed by atoms with Crippen molar-refractivity contribution in [2.24, 2.45) is 0 Å². The number of benzene rings is 3. The van der Waals surface area contributed by atoms with Crippen LogP contribution in [0.1, 0.15) is 26.3 Å². The molecule has 0 bridgehead atoms. The van der Waals surface area contributed by atoms with Gasteiger partial charge < -0.3 is 10.6 Å². The van der Waals surface area contributed by atoms with Crippen molar-refractivity contribution in [3.63, 3.8) is 0 Å². The van der Waals surface area contributed by atoms with Crippen LogP contribution >= 0.6 is 11.6 Å². The Labute approximate surface area is 165 Å². The minimum Gasteiger partial charge on any atom is -0.322 e. The Morgan fingerprint density at radius 2 is 1.61 bits per heavy atom. The maximum atomic E-state index is 14.0. The van der Waals surface area contributed by atoms with Gasteiger partial charge in [0.25, 0.3) is 11.8 Å². The Hall–Kier alpha value is -3.25. The highest BCUT2D eigenvalue weighted by Gasteiger charge is 2.19. The van der Waals surface area contributed by atoms with E-state index in [1.54, 1.807) is 25.1 Å². The van der Waals surface area contributed by atoms with Gasteiger partial charge in [0, 0.05) is 5.69 Å². The molecule has 2 amide bonds. The molecule has 3 aromatic rings. The van der Waals surface area contributed by atoms with E-state index in [0.717, 1.165) is 11.6 Å². The average Bonchev–Trinajstić information content (AvgIpc) is 2.65. The second-order valence-electron chi connectivity index (χ2n) is 6.06. The molecule has 0 saturated heterocycles. The van der Waals surface area contributed by atoms with E-state index < -0.39 is 23.4 Å². The van der Waals surface area contributed by atoms with Crippen LogP contribution in [-0.4, -0.2) is 11.8 Å². The van der Waals surface area contributed by atoms with Crippen LogP contribution in [-0.2, 0) is 0 Å². The highest BCUT2D eigenvalue weighted by atomic mass is 35.5. The van der Waals surface area contributed by atoms with Crippen molar-refractivity contribution >= 4 is 34.8 Å². The highest BCUT2D eigenvalue weighted by molar-refractivity contribution is 6.34. The summed E-state index contributed by atoms with van der Waals surface area (Å²) < 4.78 is 27.0. The number of carbonyl (C=O) groups is 2. The van der Waals surface area contributed by atoms with E-state index in [4.69, 9.17) is 11.6 Å². The third kappa shape index (κ3) is 4.35. The molecule has 0 heterocycles. The van der Waals surface area contributed by atoms with E-state index >= 15 is 0 Å². The molecule has 0 atom stereocenters. The summed E-state index contributed by atoms with van der Waals surface area (Å²) in [5.41, 5.74) is 1.22. The summed E-state index contributed by atoms with van der Waals surface area (Å²) in [6.07, 6.45) is 0. The summed E-state index contributed by atoms with van der Waals surface area (Å²) in [4.78, 5) is 25.2. The molecule has 3 aromatic carbocycles. The van der Waals surface area contributed by atoms with Gasteiger partial charge in [-0.3, -0.25) is 9.59 Å². The van der Waals surface area contributed by atoms with Crippen LogP contribution in [0.3, 0.4) is 0 Å². The lowest BCUT2D eigenvalue weighted by molar-refractivity contribution is 0.102. The molecule has 2 N–H and O–H groups in total. The summed E-state index contributed by atoms with van der Waals surface area (Å²) in [5.74, 6) is -2.48. The fourth-order valence-electron chi connectivity index (χ4n) is 2.59. The average molecular weight is 401 g/mol. The molecule has 7 heteroatoms. The number of hydrogen-bond acceptors (Lipinski definition) is 2. The van der Waals surface area contributed by atoms with Crippen LogP contribution in [0.5, 0.6) is 0 Å².